The molecule has 0 fully saturated rings. The van der Waals surface area contributed by atoms with Gasteiger partial charge in [0.25, 0.3) is 0 Å². The molecule has 3 N–H and O–H groups in total. The van der Waals surface area contributed by atoms with Crippen molar-refractivity contribution in [2.75, 3.05) is 13.2 Å². The summed E-state index contributed by atoms with van der Waals surface area (Å²) in [5.74, 6) is 0.636. The van der Waals surface area contributed by atoms with Crippen LogP contribution in [0.15, 0.2) is 48.5 Å². The van der Waals surface area contributed by atoms with E-state index in [2.05, 4.69) is 5.32 Å². The van der Waals surface area contributed by atoms with E-state index in [1.54, 1.807) is 0 Å². The van der Waals surface area contributed by atoms with Crippen molar-refractivity contribution in [2.24, 2.45) is 5.73 Å². The summed E-state index contributed by atoms with van der Waals surface area (Å²) in [4.78, 5) is 12.0. The lowest BCUT2D eigenvalue weighted by molar-refractivity contribution is -0.122. The monoisotopic (exact) mass is 298 g/mol. The molecule has 4 heteroatoms. The minimum Gasteiger partial charge on any atom is -0.491 e. The predicted molar refractivity (Wildman–Crippen MR) is 87.8 cm³/mol. The Labute approximate surface area is 131 Å². The summed E-state index contributed by atoms with van der Waals surface area (Å²) in [5, 5.41) is 2.80. The van der Waals surface area contributed by atoms with E-state index in [-0.39, 0.29) is 5.91 Å². The second-order valence-electron chi connectivity index (χ2n) is 5.29. The maximum atomic E-state index is 12.0. The van der Waals surface area contributed by atoms with Gasteiger partial charge in [0.05, 0.1) is 6.54 Å². The molecule has 0 aliphatic rings. The zero-order valence-electron chi connectivity index (χ0n) is 13.0. The molecule has 2 aromatic carbocycles. The molecule has 0 saturated heterocycles. The third-order valence-corrected chi connectivity index (χ3v) is 3.47. The van der Waals surface area contributed by atoms with Crippen LogP contribution in [0, 0.1) is 13.8 Å². The minimum absolute atomic E-state index is 0.197. The average Bonchev–Trinajstić information content (AvgIpc) is 2.53. The van der Waals surface area contributed by atoms with Gasteiger partial charge in [0, 0.05) is 0 Å². The molecular formula is C18H22N2O2. The van der Waals surface area contributed by atoms with Gasteiger partial charge in [-0.1, -0.05) is 48.0 Å². The Kier molecular flexibility index (Phi) is 5.55. The number of hydrogen-bond donors (Lipinski definition) is 2. The van der Waals surface area contributed by atoms with Crippen LogP contribution < -0.4 is 15.8 Å². The fraction of sp³-hybridized carbons (Fsp3) is 0.278. The van der Waals surface area contributed by atoms with Crippen molar-refractivity contribution in [3.8, 4) is 5.75 Å². The first-order chi connectivity index (χ1) is 10.6. The van der Waals surface area contributed by atoms with Gasteiger partial charge < -0.3 is 15.8 Å². The van der Waals surface area contributed by atoms with Crippen LogP contribution in [0.2, 0.25) is 0 Å². The quantitative estimate of drug-likeness (QED) is 0.805. The van der Waals surface area contributed by atoms with E-state index in [0.29, 0.717) is 13.2 Å². The van der Waals surface area contributed by atoms with Crippen molar-refractivity contribution in [3.05, 3.63) is 65.2 Å². The molecule has 0 spiro atoms. The second kappa shape index (κ2) is 7.61. The Morgan fingerprint density at radius 3 is 2.50 bits per heavy atom. The smallest absolute Gasteiger partial charge is 0.241 e. The average molecular weight is 298 g/mol. The van der Waals surface area contributed by atoms with Gasteiger partial charge in [0.15, 0.2) is 0 Å². The fourth-order valence-electron chi connectivity index (χ4n) is 2.09. The molecule has 0 heterocycles. The summed E-state index contributed by atoms with van der Waals surface area (Å²) in [7, 11) is 0. The molecule has 116 valence electrons. The van der Waals surface area contributed by atoms with Crippen molar-refractivity contribution >= 4 is 5.91 Å². The van der Waals surface area contributed by atoms with Gasteiger partial charge in [-0.3, -0.25) is 4.79 Å². The third-order valence-electron chi connectivity index (χ3n) is 3.47. The lowest BCUT2D eigenvalue weighted by Crippen LogP contribution is -2.36. The van der Waals surface area contributed by atoms with Gasteiger partial charge in [-0.25, -0.2) is 0 Å². The van der Waals surface area contributed by atoms with E-state index < -0.39 is 6.04 Å². The number of benzene rings is 2. The van der Waals surface area contributed by atoms with Gasteiger partial charge in [0.1, 0.15) is 18.4 Å². The Hall–Kier alpha value is -2.33. The van der Waals surface area contributed by atoms with E-state index in [1.807, 2.05) is 62.4 Å². The van der Waals surface area contributed by atoms with Crippen molar-refractivity contribution in [1.29, 1.82) is 0 Å². The highest BCUT2D eigenvalue weighted by Gasteiger charge is 2.14. The number of nitrogens with two attached hydrogens (primary N) is 1. The Bertz CT molecular complexity index is 623. The highest BCUT2D eigenvalue weighted by Crippen LogP contribution is 2.15. The molecule has 1 unspecified atom stereocenters. The molecule has 2 rings (SSSR count). The Balaban J connectivity index is 1.78. The molecule has 0 aliphatic carbocycles. The zero-order chi connectivity index (χ0) is 15.9. The molecule has 0 bridgehead atoms. The van der Waals surface area contributed by atoms with Gasteiger partial charge in [-0.15, -0.1) is 0 Å². The number of hydrogen-bond acceptors (Lipinski definition) is 3. The van der Waals surface area contributed by atoms with Crippen molar-refractivity contribution in [2.45, 2.75) is 19.9 Å². The summed E-state index contributed by atoms with van der Waals surface area (Å²) >= 11 is 0. The highest BCUT2D eigenvalue weighted by atomic mass is 16.5. The lowest BCUT2D eigenvalue weighted by Gasteiger charge is -2.14. The summed E-state index contributed by atoms with van der Waals surface area (Å²) in [6.45, 7) is 4.82. The number of amides is 1. The summed E-state index contributed by atoms with van der Waals surface area (Å²) in [6, 6.07) is 14.8. The molecule has 0 radical (unpaired) electrons. The molecule has 0 aromatic heterocycles. The van der Waals surface area contributed by atoms with Crippen molar-refractivity contribution < 1.29 is 9.53 Å². The van der Waals surface area contributed by atoms with Crippen LogP contribution in [0.1, 0.15) is 22.7 Å². The van der Waals surface area contributed by atoms with Crippen molar-refractivity contribution in [3.63, 3.8) is 0 Å². The molecule has 0 aliphatic heterocycles. The van der Waals surface area contributed by atoms with Gasteiger partial charge in [-0.2, -0.15) is 0 Å². The van der Waals surface area contributed by atoms with Crippen LogP contribution in [-0.4, -0.2) is 19.1 Å². The van der Waals surface area contributed by atoms with E-state index >= 15 is 0 Å². The summed E-state index contributed by atoms with van der Waals surface area (Å²) in [5.41, 5.74) is 8.98. The van der Waals surface area contributed by atoms with Crippen molar-refractivity contribution in [1.82, 2.24) is 5.32 Å². The number of carbonyl (C=O) groups is 1. The molecule has 1 atom stereocenters. The standard InChI is InChI=1S/C18H22N2O2/c1-13-7-9-15(10-8-13)17(19)18(21)20-11-12-22-16-6-4-3-5-14(16)2/h3-10,17H,11-12,19H2,1-2H3,(H,20,21). The Morgan fingerprint density at radius 2 is 1.82 bits per heavy atom. The first-order valence-corrected chi connectivity index (χ1v) is 7.36. The molecule has 4 nitrogen and oxygen atoms in total. The van der Waals surface area contributed by atoms with Gasteiger partial charge in [0.2, 0.25) is 5.91 Å². The number of aryl methyl sites for hydroxylation is 2. The number of para-hydroxylation sites is 1. The second-order valence-corrected chi connectivity index (χ2v) is 5.29. The highest BCUT2D eigenvalue weighted by molar-refractivity contribution is 5.82. The van der Waals surface area contributed by atoms with E-state index in [4.69, 9.17) is 10.5 Å². The number of nitrogens with one attached hydrogen (secondary N) is 1. The maximum Gasteiger partial charge on any atom is 0.241 e. The summed E-state index contributed by atoms with van der Waals surface area (Å²) in [6.07, 6.45) is 0. The molecular weight excluding hydrogens is 276 g/mol. The first-order valence-electron chi connectivity index (χ1n) is 7.36. The van der Waals surface area contributed by atoms with E-state index in [1.165, 1.54) is 0 Å². The molecule has 0 saturated carbocycles. The number of carbonyl (C=O) groups excluding carboxylic acids is 1. The molecule has 22 heavy (non-hydrogen) atoms. The Morgan fingerprint density at radius 1 is 1.14 bits per heavy atom. The van der Waals surface area contributed by atoms with Crippen LogP contribution >= 0.6 is 0 Å². The maximum absolute atomic E-state index is 12.0. The fourth-order valence-corrected chi connectivity index (χ4v) is 2.09. The molecule has 1 amide bonds. The zero-order valence-corrected chi connectivity index (χ0v) is 13.0. The van der Waals surface area contributed by atoms with Gasteiger partial charge in [-0.05, 0) is 31.0 Å². The molecule has 2 aromatic rings. The SMILES string of the molecule is Cc1ccc(C(N)C(=O)NCCOc2ccccc2C)cc1. The minimum atomic E-state index is -0.654. The largest absolute Gasteiger partial charge is 0.491 e. The number of ether oxygens (including phenoxy) is 1. The van der Waals surface area contributed by atoms with E-state index in [0.717, 1.165) is 22.4 Å². The lowest BCUT2D eigenvalue weighted by atomic mass is 10.1. The normalized spacial score (nSPS) is 11.8. The van der Waals surface area contributed by atoms with Crippen LogP contribution in [0.4, 0.5) is 0 Å². The third kappa shape index (κ3) is 4.33. The number of rotatable bonds is 6. The van der Waals surface area contributed by atoms with Crippen LogP contribution in [0.3, 0.4) is 0 Å². The summed E-state index contributed by atoms with van der Waals surface area (Å²) < 4.78 is 5.63. The first kappa shape index (κ1) is 16.0. The predicted octanol–water partition coefficient (Wildman–Crippen LogP) is 2.50. The van der Waals surface area contributed by atoms with Gasteiger partial charge >= 0.3 is 0 Å². The van der Waals surface area contributed by atoms with Crippen LogP contribution in [0.5, 0.6) is 5.75 Å². The van der Waals surface area contributed by atoms with Crippen LogP contribution in [0.25, 0.3) is 0 Å². The van der Waals surface area contributed by atoms with Crippen LogP contribution in [-0.2, 0) is 4.79 Å². The topological polar surface area (TPSA) is 64.4 Å². The van der Waals surface area contributed by atoms with E-state index in [9.17, 15) is 4.79 Å².